The maximum absolute atomic E-state index is 14.2. The van der Waals surface area contributed by atoms with E-state index in [9.17, 15) is 24.0 Å². The monoisotopic (exact) mass is 740 g/mol. The summed E-state index contributed by atoms with van der Waals surface area (Å²) in [4.78, 5) is 70.3. The van der Waals surface area contributed by atoms with Crippen LogP contribution in [0.15, 0.2) is 62.4 Å². The zero-order valence-electron chi connectivity index (χ0n) is 28.1. The number of halogens is 2. The molecule has 0 bridgehead atoms. The molecule has 1 saturated heterocycles. The second-order valence-corrected chi connectivity index (χ2v) is 13.9. The summed E-state index contributed by atoms with van der Waals surface area (Å²) in [7, 11) is 5.88. The summed E-state index contributed by atoms with van der Waals surface area (Å²) < 4.78 is 21.2. The molecule has 2 aromatic carbocycles. The van der Waals surface area contributed by atoms with Crippen LogP contribution in [0.4, 0.5) is 0 Å². The van der Waals surface area contributed by atoms with Crippen molar-refractivity contribution in [1.29, 1.82) is 0 Å². The van der Waals surface area contributed by atoms with Gasteiger partial charge < -0.3 is 23.9 Å². The van der Waals surface area contributed by atoms with Gasteiger partial charge in [0.05, 0.1) is 44.4 Å². The molecule has 51 heavy (non-hydrogen) atoms. The van der Waals surface area contributed by atoms with Gasteiger partial charge in [0.2, 0.25) is 0 Å². The number of aryl methyl sites for hydroxylation is 2. The van der Waals surface area contributed by atoms with E-state index in [0.29, 0.717) is 39.4 Å². The number of aliphatic hydroxyl groups excluding tert-OH is 1. The van der Waals surface area contributed by atoms with Gasteiger partial charge in [-0.1, -0.05) is 18.2 Å². The van der Waals surface area contributed by atoms with Crippen molar-refractivity contribution in [3.63, 3.8) is 0 Å². The van der Waals surface area contributed by atoms with Crippen molar-refractivity contribution >= 4 is 46.0 Å². The number of benzene rings is 2. The highest BCUT2D eigenvalue weighted by atomic mass is 35.5. The molecule has 2 fully saturated rings. The molecule has 2 amide bonds. The minimum atomic E-state index is -1.97. The maximum atomic E-state index is 14.2. The van der Waals surface area contributed by atoms with Crippen LogP contribution in [0, 0.1) is 0 Å². The Bertz CT molecular complexity index is 2330. The number of aromatic nitrogens is 5. The van der Waals surface area contributed by atoms with Crippen molar-refractivity contribution in [3.8, 4) is 17.2 Å². The number of hydrogen-bond acceptors (Lipinski definition) is 10. The lowest BCUT2D eigenvalue weighted by Gasteiger charge is -2.49. The molecule has 7 rings (SSSR count). The van der Waals surface area contributed by atoms with Crippen molar-refractivity contribution in [1.82, 2.24) is 28.4 Å². The number of carbonyl (C=O) groups excluding carboxylic acids is 2. The van der Waals surface area contributed by atoms with Crippen LogP contribution >= 0.6 is 23.2 Å². The fourth-order valence-corrected chi connectivity index (χ4v) is 8.63. The van der Waals surface area contributed by atoms with Crippen LogP contribution in [0.25, 0.3) is 11.0 Å². The van der Waals surface area contributed by atoms with Crippen LogP contribution in [0.1, 0.15) is 29.6 Å². The standard InChI is InChI=1S/C34H34Cl2N6O9/c1-38-23-16-26(50-4)25(49-3)15-22(23)37-21(28(38)44)10-11-40-31(47)41-12-9-20-24(42(41)32(40)48)17-33(35)29(45)39(2)30(46)34(33,36)27(20)18-5-7-19(8-6-18)51-14-13-43/h5-9,15-16,24,27,43H,10-14,17H2,1-4H3. The number of ether oxygens (including phenoxy) is 3. The molecule has 4 atom stereocenters. The summed E-state index contributed by atoms with van der Waals surface area (Å²) >= 11 is 14.4. The second-order valence-electron chi connectivity index (χ2n) is 12.7. The molecule has 15 nitrogen and oxygen atoms in total. The van der Waals surface area contributed by atoms with Gasteiger partial charge in [-0.2, -0.15) is 0 Å². The van der Waals surface area contributed by atoms with Gasteiger partial charge in [-0.25, -0.2) is 28.5 Å². The number of likely N-dealkylation sites (tertiary alicyclic amines) is 1. The van der Waals surface area contributed by atoms with Gasteiger partial charge in [-0.15, -0.1) is 23.2 Å². The summed E-state index contributed by atoms with van der Waals surface area (Å²) in [5.74, 6) is -1.05. The number of alkyl halides is 2. The first kappa shape index (κ1) is 34.6. The summed E-state index contributed by atoms with van der Waals surface area (Å²) in [6.07, 6.45) is 1.46. The van der Waals surface area contributed by atoms with E-state index in [1.807, 2.05) is 0 Å². The Kier molecular flexibility index (Phi) is 8.42. The van der Waals surface area contributed by atoms with Crippen molar-refractivity contribution in [2.75, 3.05) is 34.5 Å². The third-order valence-corrected chi connectivity index (χ3v) is 11.6. The summed E-state index contributed by atoms with van der Waals surface area (Å²) in [5, 5.41) is 9.15. The molecule has 1 aliphatic carbocycles. The minimum Gasteiger partial charge on any atom is -0.493 e. The highest BCUT2D eigenvalue weighted by molar-refractivity contribution is 6.53. The first-order valence-corrected chi connectivity index (χ1v) is 16.9. The number of amides is 2. The summed E-state index contributed by atoms with van der Waals surface area (Å²) in [6.45, 7) is -0.306. The number of rotatable bonds is 9. The Balaban J connectivity index is 1.28. The maximum Gasteiger partial charge on any atom is 0.347 e. The number of hydrogen-bond donors (Lipinski definition) is 1. The zero-order chi connectivity index (χ0) is 36.6. The van der Waals surface area contributed by atoms with Gasteiger partial charge in [-0.05, 0) is 23.3 Å². The van der Waals surface area contributed by atoms with Crippen LogP contribution in [0.5, 0.6) is 17.2 Å². The SMILES string of the molecule is COc1cc2nc(CCn3c(=O)n4n(c3=O)C3CC5(Cl)C(=O)N(C)C(=O)C5(Cl)C(c5ccc(OCCO)cc5)C3=CC4)c(=O)n(C)c2cc1OC. The number of imide groups is 1. The molecule has 1 saturated carbocycles. The van der Waals surface area contributed by atoms with Crippen molar-refractivity contribution in [2.45, 2.75) is 47.6 Å². The lowest BCUT2D eigenvalue weighted by atomic mass is 9.64. The Morgan fingerprint density at radius 2 is 1.65 bits per heavy atom. The zero-order valence-corrected chi connectivity index (χ0v) is 29.6. The largest absolute Gasteiger partial charge is 0.493 e. The predicted molar refractivity (Wildman–Crippen MR) is 185 cm³/mol. The molecule has 1 N–H and O–H groups in total. The van der Waals surface area contributed by atoms with E-state index in [1.165, 1.54) is 35.2 Å². The lowest BCUT2D eigenvalue weighted by molar-refractivity contribution is -0.137. The molecular weight excluding hydrogens is 707 g/mol. The van der Waals surface area contributed by atoms with E-state index in [-0.39, 0.29) is 44.8 Å². The Hall–Kier alpha value is -4.86. The van der Waals surface area contributed by atoms with Gasteiger partial charge in [0.1, 0.15) is 18.1 Å². The molecule has 0 spiro atoms. The van der Waals surface area contributed by atoms with Crippen LogP contribution in [0.3, 0.4) is 0 Å². The van der Waals surface area contributed by atoms with E-state index < -0.39 is 50.5 Å². The molecular formula is C34H34Cl2N6O9. The van der Waals surface area contributed by atoms with E-state index in [1.54, 1.807) is 49.5 Å². The number of allylic oxidation sites excluding steroid dienone is 2. The van der Waals surface area contributed by atoms with E-state index in [2.05, 4.69) is 4.98 Å². The molecule has 3 aliphatic rings. The molecule has 4 heterocycles. The predicted octanol–water partition coefficient (Wildman–Crippen LogP) is 1.31. The highest BCUT2D eigenvalue weighted by Crippen LogP contribution is 2.63. The number of nitrogens with zero attached hydrogens (tertiary/aromatic N) is 6. The third kappa shape index (κ3) is 4.88. The first-order valence-electron chi connectivity index (χ1n) is 16.1. The topological polar surface area (TPSA) is 169 Å². The quantitative estimate of drug-likeness (QED) is 0.150. The highest BCUT2D eigenvalue weighted by Gasteiger charge is 2.74. The second kappa shape index (κ2) is 12.4. The van der Waals surface area contributed by atoms with Gasteiger partial charge in [0.25, 0.3) is 17.4 Å². The van der Waals surface area contributed by atoms with E-state index >= 15 is 0 Å². The van der Waals surface area contributed by atoms with Crippen LogP contribution in [-0.4, -0.2) is 89.5 Å². The van der Waals surface area contributed by atoms with Crippen LogP contribution in [0.2, 0.25) is 0 Å². The number of methoxy groups -OCH3 is 2. The smallest absolute Gasteiger partial charge is 0.347 e. The van der Waals surface area contributed by atoms with Crippen LogP contribution in [-0.2, 0) is 36.1 Å². The molecule has 2 aromatic heterocycles. The average molecular weight is 742 g/mol. The van der Waals surface area contributed by atoms with E-state index in [0.717, 1.165) is 9.47 Å². The minimum absolute atomic E-state index is 0.0288. The van der Waals surface area contributed by atoms with Gasteiger partial charge >= 0.3 is 11.4 Å². The first-order chi connectivity index (χ1) is 24.3. The molecule has 17 heteroatoms. The fourth-order valence-electron chi connectivity index (χ4n) is 7.63. The number of fused-ring (bicyclic) bond motifs is 5. The number of aliphatic hydroxyl groups is 1. The Morgan fingerprint density at radius 1 is 0.961 bits per heavy atom. The fraction of sp³-hybridized carbons (Fsp3) is 0.412. The summed E-state index contributed by atoms with van der Waals surface area (Å²) in [6, 6.07) is 9.05. The third-order valence-electron chi connectivity index (χ3n) is 10.2. The van der Waals surface area contributed by atoms with Gasteiger partial charge in [0, 0.05) is 51.5 Å². The molecule has 2 aliphatic heterocycles. The molecule has 0 radical (unpaired) electrons. The molecule has 4 unspecified atom stereocenters. The molecule has 4 aromatic rings. The van der Waals surface area contributed by atoms with Gasteiger partial charge in [0.15, 0.2) is 21.2 Å². The van der Waals surface area contributed by atoms with Gasteiger partial charge in [-0.3, -0.25) is 19.3 Å². The van der Waals surface area contributed by atoms with Crippen LogP contribution < -0.4 is 31.1 Å². The van der Waals surface area contributed by atoms with Crippen molar-refractivity contribution in [2.24, 2.45) is 7.05 Å². The normalized spacial score (nSPS) is 23.9. The Labute approximate surface area is 299 Å². The molecule has 268 valence electrons. The lowest BCUT2D eigenvalue weighted by Crippen LogP contribution is -2.59. The average Bonchev–Trinajstić information content (AvgIpc) is 3.45. The van der Waals surface area contributed by atoms with E-state index in [4.69, 9.17) is 42.5 Å². The Morgan fingerprint density at radius 3 is 2.31 bits per heavy atom. The van der Waals surface area contributed by atoms with Crippen molar-refractivity contribution < 1.29 is 28.9 Å². The number of carbonyl (C=O) groups is 2. The summed E-state index contributed by atoms with van der Waals surface area (Å²) in [5.41, 5.74) is 0.465. The van der Waals surface area contributed by atoms with Crippen molar-refractivity contribution in [3.05, 3.63) is 90.6 Å².